The molecule has 29 heavy (non-hydrogen) atoms. The Morgan fingerprint density at radius 3 is 2.10 bits per heavy atom. The lowest BCUT2D eigenvalue weighted by Gasteiger charge is -2.14. The molecule has 4 N–H and O–H groups in total. The van der Waals surface area contributed by atoms with Crippen LogP contribution in [0.3, 0.4) is 0 Å². The summed E-state index contributed by atoms with van der Waals surface area (Å²) in [6, 6.07) is 24.1. The van der Waals surface area contributed by atoms with Gasteiger partial charge in [0, 0.05) is 28.3 Å². The van der Waals surface area contributed by atoms with Gasteiger partial charge in [-0.1, -0.05) is 42.5 Å². The monoisotopic (exact) mass is 378 g/mol. The van der Waals surface area contributed by atoms with E-state index in [1.807, 2.05) is 54.6 Å². The Labute approximate surface area is 167 Å². The van der Waals surface area contributed by atoms with Crippen LogP contribution >= 0.6 is 0 Å². The predicted octanol–water partition coefficient (Wildman–Crippen LogP) is 5.25. The normalized spacial score (nSPS) is 10.9. The quantitative estimate of drug-likeness (QED) is 0.396. The second kappa shape index (κ2) is 7.09. The van der Waals surface area contributed by atoms with Gasteiger partial charge in [0.15, 0.2) is 11.6 Å². The van der Waals surface area contributed by atoms with E-state index in [0.29, 0.717) is 17.3 Å². The molecule has 2 heterocycles. The summed E-state index contributed by atoms with van der Waals surface area (Å²) >= 11 is 0. The van der Waals surface area contributed by atoms with Crippen LogP contribution in [0.1, 0.15) is 0 Å². The second-order valence-electron chi connectivity index (χ2n) is 6.64. The highest BCUT2D eigenvalue weighted by Crippen LogP contribution is 2.32. The third kappa shape index (κ3) is 3.17. The van der Waals surface area contributed by atoms with Gasteiger partial charge in [-0.25, -0.2) is 9.97 Å². The Kier molecular flexibility index (Phi) is 4.14. The molecule has 0 aliphatic rings. The van der Waals surface area contributed by atoms with E-state index in [1.165, 1.54) is 6.33 Å². The number of nitrogens with one attached hydrogen (secondary N) is 2. The van der Waals surface area contributed by atoms with Crippen molar-refractivity contribution < 1.29 is 0 Å². The first kappa shape index (κ1) is 16.9. The minimum absolute atomic E-state index is 0.446. The van der Waals surface area contributed by atoms with Gasteiger partial charge in [0.05, 0.1) is 5.52 Å². The van der Waals surface area contributed by atoms with E-state index in [9.17, 15) is 0 Å². The molecule has 5 rings (SSSR count). The molecule has 0 saturated carbocycles. The maximum Gasteiger partial charge on any atom is 0.159 e. The van der Waals surface area contributed by atoms with Gasteiger partial charge in [0.25, 0.3) is 0 Å². The van der Waals surface area contributed by atoms with Crippen LogP contribution in [0.4, 0.5) is 28.7 Å². The van der Waals surface area contributed by atoms with Crippen LogP contribution in [0.2, 0.25) is 0 Å². The molecule has 0 saturated heterocycles. The molecule has 0 atom stereocenters. The fourth-order valence-electron chi connectivity index (χ4n) is 3.40. The number of hydrogen-bond donors (Lipinski definition) is 3. The third-order valence-corrected chi connectivity index (χ3v) is 4.83. The van der Waals surface area contributed by atoms with E-state index in [0.717, 1.165) is 33.1 Å². The van der Waals surface area contributed by atoms with Crippen molar-refractivity contribution in [3.05, 3.63) is 85.3 Å². The zero-order chi connectivity index (χ0) is 19.6. The Hall–Kier alpha value is -4.19. The molecule has 2 aromatic heterocycles. The average molecular weight is 378 g/mol. The molecule has 0 radical (unpaired) electrons. The largest absolute Gasteiger partial charge is 0.393 e. The van der Waals surface area contributed by atoms with Gasteiger partial charge in [0.1, 0.15) is 12.0 Å². The topological polar surface area (TPSA) is 88.8 Å². The SMILES string of the molecule is Nc1c(Nc2cccc3ccccc23)ncnc1Nc1cccc2ncccc12. The van der Waals surface area contributed by atoms with Crippen LogP contribution in [0.5, 0.6) is 0 Å². The number of benzene rings is 3. The first-order valence-corrected chi connectivity index (χ1v) is 9.25. The van der Waals surface area contributed by atoms with E-state index in [1.54, 1.807) is 6.20 Å². The molecule has 0 amide bonds. The molecule has 0 spiro atoms. The molecular weight excluding hydrogens is 360 g/mol. The van der Waals surface area contributed by atoms with Crippen LogP contribution < -0.4 is 16.4 Å². The van der Waals surface area contributed by atoms with Gasteiger partial charge in [-0.05, 0) is 35.7 Å². The zero-order valence-electron chi connectivity index (χ0n) is 15.5. The summed E-state index contributed by atoms with van der Waals surface area (Å²) in [6.45, 7) is 0. The Morgan fingerprint density at radius 2 is 1.28 bits per heavy atom. The van der Waals surface area contributed by atoms with Crippen LogP contribution in [-0.2, 0) is 0 Å². The lowest BCUT2D eigenvalue weighted by atomic mass is 10.1. The van der Waals surface area contributed by atoms with Crippen molar-refractivity contribution in [1.82, 2.24) is 15.0 Å². The highest BCUT2D eigenvalue weighted by Gasteiger charge is 2.11. The molecule has 3 aromatic carbocycles. The number of fused-ring (bicyclic) bond motifs is 2. The Balaban J connectivity index is 1.52. The lowest BCUT2D eigenvalue weighted by molar-refractivity contribution is 1.17. The second-order valence-corrected chi connectivity index (χ2v) is 6.64. The van der Waals surface area contributed by atoms with Gasteiger partial charge in [-0.2, -0.15) is 0 Å². The molecule has 0 aliphatic carbocycles. The highest BCUT2D eigenvalue weighted by atomic mass is 15.1. The van der Waals surface area contributed by atoms with Crippen molar-refractivity contribution in [2.75, 3.05) is 16.4 Å². The molecule has 6 heteroatoms. The number of pyridine rings is 1. The van der Waals surface area contributed by atoms with Crippen molar-refractivity contribution in [3.8, 4) is 0 Å². The summed E-state index contributed by atoms with van der Waals surface area (Å²) in [5.74, 6) is 1.09. The smallest absolute Gasteiger partial charge is 0.159 e. The summed E-state index contributed by atoms with van der Waals surface area (Å²) in [6.07, 6.45) is 3.27. The van der Waals surface area contributed by atoms with Crippen LogP contribution in [0, 0.1) is 0 Å². The van der Waals surface area contributed by atoms with Crippen molar-refractivity contribution in [2.45, 2.75) is 0 Å². The fraction of sp³-hybridized carbons (Fsp3) is 0. The number of rotatable bonds is 4. The number of anilines is 5. The summed E-state index contributed by atoms with van der Waals surface area (Å²) in [5, 5.41) is 9.91. The first-order chi connectivity index (χ1) is 14.3. The Bertz CT molecular complexity index is 1220. The van der Waals surface area contributed by atoms with E-state index in [4.69, 9.17) is 5.73 Å². The minimum Gasteiger partial charge on any atom is -0.393 e. The lowest BCUT2D eigenvalue weighted by Crippen LogP contribution is -2.05. The molecule has 5 aromatic rings. The number of hydrogen-bond acceptors (Lipinski definition) is 6. The van der Waals surface area contributed by atoms with Gasteiger partial charge >= 0.3 is 0 Å². The molecule has 140 valence electrons. The number of nitrogens with zero attached hydrogens (tertiary/aromatic N) is 3. The average Bonchev–Trinajstić information content (AvgIpc) is 2.77. The fourth-order valence-corrected chi connectivity index (χ4v) is 3.40. The number of nitrogens with two attached hydrogens (primary N) is 1. The summed E-state index contributed by atoms with van der Waals surface area (Å²) in [7, 11) is 0. The number of aromatic nitrogens is 3. The first-order valence-electron chi connectivity index (χ1n) is 9.25. The molecule has 6 nitrogen and oxygen atoms in total. The zero-order valence-corrected chi connectivity index (χ0v) is 15.5. The molecule has 0 aliphatic heterocycles. The predicted molar refractivity (Wildman–Crippen MR) is 119 cm³/mol. The number of nitrogen functional groups attached to an aromatic ring is 1. The molecule has 0 bridgehead atoms. The van der Waals surface area contributed by atoms with Crippen LogP contribution in [0.15, 0.2) is 85.3 Å². The van der Waals surface area contributed by atoms with Gasteiger partial charge in [-0.3, -0.25) is 4.98 Å². The van der Waals surface area contributed by atoms with Crippen LogP contribution in [-0.4, -0.2) is 15.0 Å². The third-order valence-electron chi connectivity index (χ3n) is 4.83. The van der Waals surface area contributed by atoms with E-state index in [2.05, 4.69) is 43.8 Å². The van der Waals surface area contributed by atoms with Crippen LogP contribution in [0.25, 0.3) is 21.7 Å². The van der Waals surface area contributed by atoms with Gasteiger partial charge in [0.2, 0.25) is 0 Å². The summed E-state index contributed by atoms with van der Waals surface area (Å²) in [4.78, 5) is 13.1. The molecular formula is C23H18N6. The standard InChI is InChI=1S/C23H18N6/c24-21-22(28-19-11-3-7-15-6-1-2-8-16(15)19)26-14-27-23(21)29-20-12-4-10-18-17(20)9-5-13-25-18/h1-14H,24H2,(H2,26,27,28,29). The highest BCUT2D eigenvalue weighted by molar-refractivity contribution is 5.97. The van der Waals surface area contributed by atoms with E-state index in [-0.39, 0.29) is 0 Å². The van der Waals surface area contributed by atoms with Crippen molar-refractivity contribution in [1.29, 1.82) is 0 Å². The maximum atomic E-state index is 6.40. The van der Waals surface area contributed by atoms with Gasteiger partial charge < -0.3 is 16.4 Å². The van der Waals surface area contributed by atoms with Gasteiger partial charge in [-0.15, -0.1) is 0 Å². The maximum absolute atomic E-state index is 6.40. The summed E-state index contributed by atoms with van der Waals surface area (Å²) in [5.41, 5.74) is 9.57. The molecule has 0 unspecified atom stereocenters. The Morgan fingerprint density at radius 1 is 0.621 bits per heavy atom. The minimum atomic E-state index is 0.446. The van der Waals surface area contributed by atoms with Crippen molar-refractivity contribution in [3.63, 3.8) is 0 Å². The van der Waals surface area contributed by atoms with E-state index < -0.39 is 0 Å². The van der Waals surface area contributed by atoms with Crippen molar-refractivity contribution in [2.24, 2.45) is 0 Å². The van der Waals surface area contributed by atoms with Crippen molar-refractivity contribution >= 4 is 50.4 Å². The van der Waals surface area contributed by atoms with E-state index >= 15 is 0 Å². The molecule has 0 fully saturated rings. The summed E-state index contributed by atoms with van der Waals surface area (Å²) < 4.78 is 0.